The van der Waals surface area contributed by atoms with E-state index in [1.807, 2.05) is 0 Å². The zero-order valence-electron chi connectivity index (χ0n) is 4.00. The zero-order valence-corrected chi connectivity index (χ0v) is 4.89. The molecule has 0 atom stereocenters. The number of carboxylic acid groups (broad SMARTS) is 2. The molecule has 0 unspecified atom stereocenters. The summed E-state index contributed by atoms with van der Waals surface area (Å²) < 4.78 is 8.88. The van der Waals surface area contributed by atoms with Gasteiger partial charge in [-0.25, -0.2) is 9.36 Å². The van der Waals surface area contributed by atoms with E-state index < -0.39 is 14.0 Å². The monoisotopic (exact) mass is 176 g/mol. The van der Waals surface area contributed by atoms with E-state index in [1.165, 1.54) is 0 Å². The van der Waals surface area contributed by atoms with Crippen LogP contribution in [0.15, 0.2) is 0 Å². The van der Waals surface area contributed by atoms with Gasteiger partial charge in [-0.15, -0.1) is 0 Å². The van der Waals surface area contributed by atoms with Gasteiger partial charge in [0, 0.05) is 0 Å². The molecule has 10 heteroatoms. The zero-order chi connectivity index (χ0) is 8.08. The second-order valence-electron chi connectivity index (χ2n) is 0.796. The molecule has 0 fully saturated rings. The van der Waals surface area contributed by atoms with Crippen molar-refractivity contribution in [3.63, 3.8) is 0 Å². The van der Waals surface area contributed by atoms with Crippen molar-refractivity contribution in [3.8, 4) is 0 Å². The summed E-state index contributed by atoms with van der Waals surface area (Å²) in [6.45, 7) is 0. The van der Waals surface area contributed by atoms with Crippen molar-refractivity contribution in [2.75, 3.05) is 0 Å². The van der Waals surface area contributed by atoms with E-state index >= 15 is 0 Å². The fraction of sp³-hybridized carbons (Fsp3) is 0. The van der Waals surface area contributed by atoms with Crippen molar-refractivity contribution in [1.82, 2.24) is 0 Å². The summed E-state index contributed by atoms with van der Waals surface area (Å²) in [7, 11) is -4.64. The van der Waals surface area contributed by atoms with E-state index in [0.29, 0.717) is 0 Å². The third-order valence-electron chi connectivity index (χ3n) is 0. The summed E-state index contributed by atoms with van der Waals surface area (Å²) in [4.78, 5) is 30.1. The molecule has 11 heavy (non-hydrogen) atoms. The summed E-state index contributed by atoms with van der Waals surface area (Å²) in [5, 5.41) is 13.9. The van der Waals surface area contributed by atoms with Gasteiger partial charge in [0.1, 0.15) is 0 Å². The van der Waals surface area contributed by atoms with Gasteiger partial charge in [0.05, 0.1) is 0 Å². The molecule has 7 nitrogen and oxygen atoms in total. The van der Waals surface area contributed by atoms with Gasteiger partial charge in [0.25, 0.3) is 0 Å². The van der Waals surface area contributed by atoms with Crippen molar-refractivity contribution in [2.24, 2.45) is 0 Å². The fourth-order valence-electron chi connectivity index (χ4n) is 0. The van der Waals surface area contributed by atoms with E-state index in [9.17, 15) is 0 Å². The van der Waals surface area contributed by atoms with Crippen LogP contribution in [0.1, 0.15) is 0 Å². The van der Waals surface area contributed by atoms with Gasteiger partial charge < -0.3 is 24.9 Å². The molecule has 0 saturated heterocycles. The van der Waals surface area contributed by atoms with Gasteiger partial charge in [0.15, 0.2) is 0 Å². The topological polar surface area (TPSA) is 135 Å². The first-order valence-corrected chi connectivity index (χ1v) is 3.00. The Balaban J connectivity index is -0.0000000383. The van der Waals surface area contributed by atoms with Crippen LogP contribution in [0.2, 0.25) is 0 Å². The molecule has 0 radical (unpaired) electrons. The third kappa shape index (κ3) is 2350. The van der Waals surface area contributed by atoms with Gasteiger partial charge in [-0.1, -0.05) is 0 Å². The maximum atomic E-state index is 8.88. The van der Waals surface area contributed by atoms with Crippen LogP contribution in [0.5, 0.6) is 0 Å². The second kappa shape index (κ2) is 10.6. The molecule has 0 aromatic carbocycles. The number of rotatable bonds is 0. The van der Waals surface area contributed by atoms with Gasteiger partial charge in [-0.3, -0.25) is 0 Å². The van der Waals surface area contributed by atoms with E-state index in [4.69, 9.17) is 34.3 Å². The molecule has 0 bridgehead atoms. The fourth-order valence-corrected chi connectivity index (χ4v) is 0. The van der Waals surface area contributed by atoms with Crippen LogP contribution in [-0.4, -0.2) is 68.8 Å². The van der Waals surface area contributed by atoms with Gasteiger partial charge >= 0.3 is 51.7 Å². The molecule has 0 aromatic heterocycles. The molecule has 0 heterocycles. The summed E-state index contributed by atoms with van der Waals surface area (Å²) in [5.41, 5.74) is 0. The van der Waals surface area contributed by atoms with Crippen LogP contribution in [0, 0.1) is 0 Å². The molecule has 0 aliphatic carbocycles. The maximum absolute atomic E-state index is 8.88. The van der Waals surface area contributed by atoms with Crippen LogP contribution in [0.3, 0.4) is 0 Å². The number of hydrogen-bond acceptors (Lipinski definition) is 2. The predicted octanol–water partition coefficient (Wildman–Crippen LogP) is -2.00. The van der Waals surface area contributed by atoms with E-state index in [2.05, 4.69) is 0 Å². The van der Waals surface area contributed by atoms with Crippen LogP contribution in [0.25, 0.3) is 0 Å². The van der Waals surface area contributed by atoms with Gasteiger partial charge in [0.2, 0.25) is 0 Å². The van der Waals surface area contributed by atoms with Crippen LogP contribution >= 0.6 is 7.82 Å². The molecular formula is CH7Li2O7P. The van der Waals surface area contributed by atoms with Crippen molar-refractivity contribution in [3.05, 3.63) is 0 Å². The Hall–Kier alpha value is 0.575. The van der Waals surface area contributed by atoms with E-state index in [0.717, 1.165) is 0 Å². The standard InChI is InChI=1S/CH2O3.2Li.H3O4P.2H/c2-1(3)4;;;1-5(2,3)4;;/h(H2,2,3,4);;;(H3,1,2,3,4);;. The van der Waals surface area contributed by atoms with Crippen molar-refractivity contribution >= 4 is 51.7 Å². The first-order valence-electron chi connectivity index (χ1n) is 1.43. The Kier molecular flexibility index (Phi) is 21.7. The molecule has 60 valence electrons. The Morgan fingerprint density at radius 2 is 1.00 bits per heavy atom. The van der Waals surface area contributed by atoms with E-state index in [1.54, 1.807) is 0 Å². The first kappa shape index (κ1) is 22.6. The molecule has 0 aromatic rings. The molecule has 5 N–H and O–H groups in total. The van der Waals surface area contributed by atoms with Crippen molar-refractivity contribution in [2.45, 2.75) is 0 Å². The average Bonchev–Trinajstić information content (AvgIpc) is 1.19. The molecule has 0 aliphatic heterocycles. The quantitative estimate of drug-likeness (QED) is 0.212. The SMILES string of the molecule is O=C(O)O.O=P(O)(O)O.[LiH].[LiH]. The summed E-state index contributed by atoms with van der Waals surface area (Å²) in [5.74, 6) is 0. The van der Waals surface area contributed by atoms with Crippen LogP contribution in [-0.2, 0) is 4.57 Å². The Labute approximate surface area is 86.0 Å². The minimum atomic E-state index is -4.64. The van der Waals surface area contributed by atoms with Crippen molar-refractivity contribution < 1.29 is 34.3 Å². The number of carbonyl (C=O) groups is 1. The Morgan fingerprint density at radius 1 is 1.00 bits per heavy atom. The molecule has 0 amide bonds. The van der Waals surface area contributed by atoms with Crippen LogP contribution < -0.4 is 0 Å². The Bertz CT molecular complexity index is 116. The third-order valence-corrected chi connectivity index (χ3v) is 0. The molecule has 0 aliphatic rings. The number of phosphoric acid groups is 1. The number of hydrogen-bond donors (Lipinski definition) is 5. The Morgan fingerprint density at radius 3 is 1.00 bits per heavy atom. The minimum absolute atomic E-state index is 0. The van der Waals surface area contributed by atoms with E-state index in [-0.39, 0.29) is 37.7 Å². The van der Waals surface area contributed by atoms with Crippen molar-refractivity contribution in [1.29, 1.82) is 0 Å². The molecular weight excluding hydrogens is 169 g/mol. The summed E-state index contributed by atoms with van der Waals surface area (Å²) in [6, 6.07) is 0. The van der Waals surface area contributed by atoms with Crippen LogP contribution in [0.4, 0.5) is 4.79 Å². The molecule has 0 rings (SSSR count). The molecule has 0 saturated carbocycles. The normalized spacial score (nSPS) is 7.55. The van der Waals surface area contributed by atoms with Gasteiger partial charge in [-0.05, 0) is 0 Å². The average molecular weight is 176 g/mol. The summed E-state index contributed by atoms with van der Waals surface area (Å²) >= 11 is 0. The molecule has 0 spiro atoms. The predicted molar refractivity (Wildman–Crippen MR) is 39.2 cm³/mol. The first-order chi connectivity index (χ1) is 3.73. The second-order valence-corrected chi connectivity index (χ2v) is 1.82. The van der Waals surface area contributed by atoms with Gasteiger partial charge in [-0.2, -0.15) is 0 Å². The summed E-state index contributed by atoms with van der Waals surface area (Å²) in [6.07, 6.45) is -1.83.